The van der Waals surface area contributed by atoms with Gasteiger partial charge in [0.1, 0.15) is 5.75 Å². The van der Waals surface area contributed by atoms with E-state index in [2.05, 4.69) is 11.1 Å². The third kappa shape index (κ3) is 2.71. The van der Waals surface area contributed by atoms with Gasteiger partial charge in [0, 0.05) is 22.2 Å². The van der Waals surface area contributed by atoms with Gasteiger partial charge in [0.2, 0.25) is 0 Å². The predicted octanol–water partition coefficient (Wildman–Crippen LogP) is 3.94. The first-order chi connectivity index (χ1) is 10.2. The van der Waals surface area contributed by atoms with E-state index in [0.717, 1.165) is 22.0 Å². The maximum Gasteiger partial charge on any atom is 0.125 e. The maximum atomic E-state index is 6.39. The molecule has 0 radical (unpaired) electrons. The Morgan fingerprint density at radius 2 is 2.00 bits per heavy atom. The van der Waals surface area contributed by atoms with Crippen LogP contribution in [0.4, 0.5) is 0 Å². The first-order valence-corrected chi connectivity index (χ1v) is 7.00. The largest absolute Gasteiger partial charge is 0.496 e. The van der Waals surface area contributed by atoms with E-state index in [1.165, 1.54) is 0 Å². The number of fused-ring (bicyclic) bond motifs is 1. The van der Waals surface area contributed by atoms with E-state index >= 15 is 0 Å². The third-order valence-electron chi connectivity index (χ3n) is 3.52. The normalized spacial score (nSPS) is 12.3. The quantitative estimate of drug-likeness (QED) is 0.796. The highest BCUT2D eigenvalue weighted by atomic mass is 35.5. The average Bonchev–Trinajstić information content (AvgIpc) is 2.53. The Labute approximate surface area is 128 Å². The molecule has 3 nitrogen and oxygen atoms in total. The summed E-state index contributed by atoms with van der Waals surface area (Å²) in [6.45, 7) is 0. The van der Waals surface area contributed by atoms with Crippen LogP contribution < -0.4 is 10.5 Å². The molecular formula is C17H15ClN2O. The molecule has 1 atom stereocenters. The molecule has 0 aliphatic carbocycles. The summed E-state index contributed by atoms with van der Waals surface area (Å²) in [5.41, 5.74) is 9.26. The molecule has 1 unspecified atom stereocenters. The summed E-state index contributed by atoms with van der Waals surface area (Å²) in [5, 5.41) is 1.70. The van der Waals surface area contributed by atoms with Crippen LogP contribution in [-0.4, -0.2) is 12.1 Å². The molecule has 0 spiro atoms. The lowest BCUT2D eigenvalue weighted by atomic mass is 9.97. The van der Waals surface area contributed by atoms with Crippen molar-refractivity contribution in [1.29, 1.82) is 0 Å². The summed E-state index contributed by atoms with van der Waals surface area (Å²) in [6, 6.07) is 15.2. The van der Waals surface area contributed by atoms with Crippen LogP contribution in [0.1, 0.15) is 17.2 Å². The molecule has 2 N–H and O–H groups in total. The van der Waals surface area contributed by atoms with Crippen LogP contribution in [0.25, 0.3) is 10.9 Å². The summed E-state index contributed by atoms with van der Waals surface area (Å²) < 4.78 is 5.38. The van der Waals surface area contributed by atoms with Crippen molar-refractivity contribution in [3.05, 3.63) is 70.9 Å². The zero-order valence-electron chi connectivity index (χ0n) is 11.6. The molecular weight excluding hydrogens is 284 g/mol. The van der Waals surface area contributed by atoms with Gasteiger partial charge in [-0.05, 0) is 35.9 Å². The van der Waals surface area contributed by atoms with Gasteiger partial charge in [-0.25, -0.2) is 0 Å². The van der Waals surface area contributed by atoms with Crippen LogP contribution in [-0.2, 0) is 0 Å². The number of halogens is 1. The van der Waals surface area contributed by atoms with Crippen LogP contribution in [0.15, 0.2) is 54.7 Å². The molecule has 0 fully saturated rings. The van der Waals surface area contributed by atoms with Crippen LogP contribution in [0.2, 0.25) is 5.02 Å². The fourth-order valence-electron chi connectivity index (χ4n) is 2.41. The summed E-state index contributed by atoms with van der Waals surface area (Å²) in [7, 11) is 1.62. The number of pyridine rings is 1. The monoisotopic (exact) mass is 298 g/mol. The lowest BCUT2D eigenvalue weighted by molar-refractivity contribution is 0.408. The lowest BCUT2D eigenvalue weighted by Gasteiger charge is -2.17. The Kier molecular flexibility index (Phi) is 3.78. The molecule has 0 saturated heterocycles. The molecule has 1 heterocycles. The zero-order chi connectivity index (χ0) is 14.8. The van der Waals surface area contributed by atoms with Crippen molar-refractivity contribution in [2.75, 3.05) is 7.11 Å². The van der Waals surface area contributed by atoms with Gasteiger partial charge in [-0.2, -0.15) is 0 Å². The van der Waals surface area contributed by atoms with Crippen LogP contribution in [0.3, 0.4) is 0 Å². The van der Waals surface area contributed by atoms with Crippen LogP contribution >= 0.6 is 11.6 Å². The summed E-state index contributed by atoms with van der Waals surface area (Å²) in [5.74, 6) is 0.696. The first kappa shape index (κ1) is 13.9. The van der Waals surface area contributed by atoms with Crippen molar-refractivity contribution < 1.29 is 4.74 Å². The van der Waals surface area contributed by atoms with E-state index in [1.54, 1.807) is 19.4 Å². The molecule has 4 heteroatoms. The van der Waals surface area contributed by atoms with Crippen molar-refractivity contribution >= 4 is 22.5 Å². The van der Waals surface area contributed by atoms with E-state index < -0.39 is 0 Å². The fraction of sp³-hybridized carbons (Fsp3) is 0.118. The van der Waals surface area contributed by atoms with Crippen molar-refractivity contribution in [1.82, 2.24) is 4.98 Å². The number of hydrogen-bond acceptors (Lipinski definition) is 3. The third-order valence-corrected chi connectivity index (χ3v) is 3.75. The molecule has 0 aliphatic rings. The van der Waals surface area contributed by atoms with Crippen molar-refractivity contribution in [2.45, 2.75) is 6.04 Å². The van der Waals surface area contributed by atoms with Crippen molar-refractivity contribution in [2.24, 2.45) is 5.73 Å². The number of nitrogens with two attached hydrogens (primary N) is 1. The zero-order valence-corrected chi connectivity index (χ0v) is 12.3. The SMILES string of the molecule is COc1cc(Cl)ccc1C(N)c1ccc2ncccc2c1. The number of benzene rings is 2. The van der Waals surface area contributed by atoms with E-state index in [-0.39, 0.29) is 6.04 Å². The molecule has 1 aromatic heterocycles. The van der Waals surface area contributed by atoms with Gasteiger partial charge >= 0.3 is 0 Å². The molecule has 0 bridgehead atoms. The highest BCUT2D eigenvalue weighted by Crippen LogP contribution is 2.31. The Morgan fingerprint density at radius 1 is 1.14 bits per heavy atom. The fourth-order valence-corrected chi connectivity index (χ4v) is 2.57. The lowest BCUT2D eigenvalue weighted by Crippen LogP contribution is -2.13. The summed E-state index contributed by atoms with van der Waals surface area (Å²) in [4.78, 5) is 4.32. The summed E-state index contributed by atoms with van der Waals surface area (Å²) in [6.07, 6.45) is 1.78. The second-order valence-electron chi connectivity index (χ2n) is 4.82. The minimum Gasteiger partial charge on any atom is -0.496 e. The number of hydrogen-bond donors (Lipinski definition) is 1. The van der Waals surface area contributed by atoms with E-state index in [0.29, 0.717) is 10.8 Å². The van der Waals surface area contributed by atoms with E-state index in [1.807, 2.05) is 36.4 Å². The number of methoxy groups -OCH3 is 1. The standard InChI is InChI=1S/C17H15ClN2O/c1-21-16-10-13(18)5-6-14(16)17(19)12-4-7-15-11(9-12)3-2-8-20-15/h2-10,17H,19H2,1H3. The highest BCUT2D eigenvalue weighted by Gasteiger charge is 2.15. The molecule has 21 heavy (non-hydrogen) atoms. The van der Waals surface area contributed by atoms with Gasteiger partial charge in [-0.15, -0.1) is 0 Å². The van der Waals surface area contributed by atoms with Gasteiger partial charge < -0.3 is 10.5 Å². The van der Waals surface area contributed by atoms with Crippen molar-refractivity contribution in [3.63, 3.8) is 0 Å². The topological polar surface area (TPSA) is 48.1 Å². The van der Waals surface area contributed by atoms with Gasteiger partial charge in [-0.1, -0.05) is 29.8 Å². The average molecular weight is 299 g/mol. The van der Waals surface area contributed by atoms with Gasteiger partial charge in [0.15, 0.2) is 0 Å². The molecule has 3 aromatic rings. The second kappa shape index (κ2) is 5.72. The number of nitrogens with zero attached hydrogens (tertiary/aromatic N) is 1. The van der Waals surface area contributed by atoms with Crippen LogP contribution in [0.5, 0.6) is 5.75 Å². The Morgan fingerprint density at radius 3 is 2.81 bits per heavy atom. The number of rotatable bonds is 3. The Balaban J connectivity index is 2.05. The minimum atomic E-state index is -0.276. The smallest absolute Gasteiger partial charge is 0.125 e. The first-order valence-electron chi connectivity index (χ1n) is 6.63. The van der Waals surface area contributed by atoms with Crippen molar-refractivity contribution in [3.8, 4) is 5.75 Å². The second-order valence-corrected chi connectivity index (χ2v) is 5.26. The molecule has 2 aromatic carbocycles. The number of aromatic nitrogens is 1. The van der Waals surface area contributed by atoms with Gasteiger partial charge in [-0.3, -0.25) is 4.98 Å². The van der Waals surface area contributed by atoms with Gasteiger partial charge in [0.05, 0.1) is 18.7 Å². The highest BCUT2D eigenvalue weighted by molar-refractivity contribution is 6.30. The maximum absolute atomic E-state index is 6.39. The molecule has 3 rings (SSSR count). The molecule has 0 saturated carbocycles. The molecule has 0 aliphatic heterocycles. The van der Waals surface area contributed by atoms with E-state index in [4.69, 9.17) is 22.1 Å². The Bertz CT molecular complexity index is 789. The van der Waals surface area contributed by atoms with E-state index in [9.17, 15) is 0 Å². The Hall–Kier alpha value is -2.10. The molecule has 0 amide bonds. The molecule has 106 valence electrons. The minimum absolute atomic E-state index is 0.276. The van der Waals surface area contributed by atoms with Gasteiger partial charge in [0.25, 0.3) is 0 Å². The summed E-state index contributed by atoms with van der Waals surface area (Å²) >= 11 is 6.00. The predicted molar refractivity (Wildman–Crippen MR) is 85.8 cm³/mol. The number of ether oxygens (including phenoxy) is 1. The van der Waals surface area contributed by atoms with Crippen LogP contribution in [0, 0.1) is 0 Å².